The van der Waals surface area contributed by atoms with Gasteiger partial charge in [0.1, 0.15) is 5.75 Å². The Labute approximate surface area is 97.5 Å². The van der Waals surface area contributed by atoms with E-state index < -0.39 is 0 Å². The molecule has 1 aromatic rings. The molecule has 3 nitrogen and oxygen atoms in total. The van der Waals surface area contributed by atoms with Gasteiger partial charge in [0.25, 0.3) is 0 Å². The van der Waals surface area contributed by atoms with E-state index in [1.165, 1.54) is 3.57 Å². The number of halogens is 2. The monoisotopic (exact) mass is 314 g/mol. The fourth-order valence-electron chi connectivity index (χ4n) is 0.995. The van der Waals surface area contributed by atoms with Crippen molar-refractivity contribution in [3.63, 3.8) is 0 Å². The first kappa shape index (κ1) is 13.0. The number of hydrogen-bond donors (Lipinski definition) is 2. The Hall–Kier alpha value is -0.0400. The number of nitrogens with two attached hydrogens (primary N) is 1. The third-order valence-corrected chi connectivity index (χ3v) is 2.21. The Balaban J connectivity index is 0.00000144. The largest absolute Gasteiger partial charge is 0.496 e. The first-order valence-electron chi connectivity index (χ1n) is 3.54. The van der Waals surface area contributed by atoms with Crippen molar-refractivity contribution in [2.45, 2.75) is 6.54 Å². The van der Waals surface area contributed by atoms with Gasteiger partial charge >= 0.3 is 0 Å². The van der Waals surface area contributed by atoms with Crippen LogP contribution in [0.15, 0.2) is 18.2 Å². The molecule has 0 aromatic heterocycles. The van der Waals surface area contributed by atoms with Gasteiger partial charge in [-0.2, -0.15) is 0 Å². The van der Waals surface area contributed by atoms with E-state index in [0.717, 1.165) is 11.3 Å². The second kappa shape index (κ2) is 6.42. The minimum Gasteiger partial charge on any atom is -0.496 e. The summed E-state index contributed by atoms with van der Waals surface area (Å²) in [5.41, 5.74) is 3.68. The lowest BCUT2D eigenvalue weighted by Crippen LogP contribution is -2.21. The van der Waals surface area contributed by atoms with Gasteiger partial charge in [0.05, 0.1) is 7.11 Å². The lowest BCUT2D eigenvalue weighted by Gasteiger charge is -2.07. The summed E-state index contributed by atoms with van der Waals surface area (Å²) >= 11 is 2.25. The van der Waals surface area contributed by atoms with Crippen molar-refractivity contribution in [3.8, 4) is 5.75 Å². The normalized spacial score (nSPS) is 9.15. The Morgan fingerprint density at radius 3 is 2.77 bits per heavy atom. The molecule has 13 heavy (non-hydrogen) atoms. The molecule has 1 rings (SSSR count). The molecule has 0 fully saturated rings. The molecule has 1 aromatic carbocycles. The number of hydrogen-bond acceptors (Lipinski definition) is 3. The minimum atomic E-state index is 0. The van der Waals surface area contributed by atoms with Crippen LogP contribution in [0.25, 0.3) is 0 Å². The Kier molecular flexibility index (Phi) is 6.40. The summed E-state index contributed by atoms with van der Waals surface area (Å²) in [6.45, 7) is 0.625. The number of ether oxygens (including phenoxy) is 1. The average molecular weight is 315 g/mol. The summed E-state index contributed by atoms with van der Waals surface area (Å²) in [5, 5.41) is 0. The van der Waals surface area contributed by atoms with Crippen molar-refractivity contribution < 1.29 is 4.74 Å². The van der Waals surface area contributed by atoms with Gasteiger partial charge in [-0.25, -0.2) is 0 Å². The highest BCUT2D eigenvalue weighted by atomic mass is 127. The average Bonchev–Trinajstić information content (AvgIpc) is 2.05. The maximum Gasteiger partial charge on any atom is 0.123 e. The molecule has 74 valence electrons. The van der Waals surface area contributed by atoms with Gasteiger partial charge in [-0.15, -0.1) is 12.4 Å². The van der Waals surface area contributed by atoms with E-state index in [1.54, 1.807) is 7.11 Å². The van der Waals surface area contributed by atoms with Crippen molar-refractivity contribution in [1.82, 2.24) is 5.43 Å². The molecular formula is C8H12ClIN2O. The van der Waals surface area contributed by atoms with E-state index in [2.05, 4.69) is 28.0 Å². The van der Waals surface area contributed by atoms with Gasteiger partial charge in [-0.1, -0.05) is 0 Å². The Bertz CT molecular complexity index is 270. The molecule has 0 aliphatic rings. The first-order chi connectivity index (χ1) is 5.77. The van der Waals surface area contributed by atoms with Crippen LogP contribution in [0.3, 0.4) is 0 Å². The highest BCUT2D eigenvalue weighted by Gasteiger charge is 2.01. The van der Waals surface area contributed by atoms with Gasteiger partial charge in [0.15, 0.2) is 0 Å². The molecule has 0 unspecified atom stereocenters. The summed E-state index contributed by atoms with van der Waals surface area (Å²) in [5.74, 6) is 6.10. The van der Waals surface area contributed by atoms with Crippen LogP contribution >= 0.6 is 35.0 Å². The molecule has 0 bridgehead atoms. The zero-order valence-corrected chi connectivity index (χ0v) is 10.2. The maximum atomic E-state index is 5.23. The number of methoxy groups -OCH3 is 1. The van der Waals surface area contributed by atoms with Crippen LogP contribution in [-0.2, 0) is 6.54 Å². The molecule has 0 spiro atoms. The lowest BCUT2D eigenvalue weighted by molar-refractivity contribution is 0.408. The summed E-state index contributed by atoms with van der Waals surface area (Å²) in [6.07, 6.45) is 0. The Morgan fingerprint density at radius 2 is 2.23 bits per heavy atom. The SMILES string of the molecule is COc1ccc(I)cc1CNN.Cl. The van der Waals surface area contributed by atoms with Crippen molar-refractivity contribution in [1.29, 1.82) is 0 Å². The summed E-state index contributed by atoms with van der Waals surface area (Å²) in [4.78, 5) is 0. The molecule has 0 atom stereocenters. The highest BCUT2D eigenvalue weighted by molar-refractivity contribution is 14.1. The summed E-state index contributed by atoms with van der Waals surface area (Å²) in [6, 6.07) is 5.98. The summed E-state index contributed by atoms with van der Waals surface area (Å²) < 4.78 is 6.33. The van der Waals surface area contributed by atoms with Crippen LogP contribution in [0, 0.1) is 3.57 Å². The predicted molar refractivity (Wildman–Crippen MR) is 64.0 cm³/mol. The molecule has 3 N–H and O–H groups in total. The molecule has 0 aliphatic carbocycles. The standard InChI is InChI=1S/C8H11IN2O.ClH/c1-12-8-3-2-7(9)4-6(8)5-11-10;/h2-4,11H,5,10H2,1H3;1H. The molecule has 0 saturated carbocycles. The van der Waals surface area contributed by atoms with Crippen LogP contribution in [0.4, 0.5) is 0 Å². The second-order valence-electron chi connectivity index (χ2n) is 2.34. The second-order valence-corrected chi connectivity index (χ2v) is 3.58. The third kappa shape index (κ3) is 3.68. The zero-order chi connectivity index (χ0) is 8.97. The van der Waals surface area contributed by atoms with E-state index in [1.807, 2.05) is 18.2 Å². The quantitative estimate of drug-likeness (QED) is 0.507. The van der Waals surface area contributed by atoms with E-state index in [4.69, 9.17) is 10.6 Å². The van der Waals surface area contributed by atoms with Crippen molar-refractivity contribution in [3.05, 3.63) is 27.3 Å². The fraction of sp³-hybridized carbons (Fsp3) is 0.250. The number of hydrazine groups is 1. The van der Waals surface area contributed by atoms with Crippen LogP contribution in [-0.4, -0.2) is 7.11 Å². The van der Waals surface area contributed by atoms with Gasteiger partial charge < -0.3 is 4.74 Å². The molecule has 0 saturated heterocycles. The zero-order valence-electron chi connectivity index (χ0n) is 7.21. The van der Waals surface area contributed by atoms with E-state index in [9.17, 15) is 0 Å². The van der Waals surface area contributed by atoms with Crippen molar-refractivity contribution >= 4 is 35.0 Å². The fourth-order valence-corrected chi connectivity index (χ4v) is 1.55. The number of rotatable bonds is 3. The topological polar surface area (TPSA) is 47.3 Å². The van der Waals surface area contributed by atoms with Gasteiger partial charge in [-0.05, 0) is 40.8 Å². The third-order valence-electron chi connectivity index (χ3n) is 1.53. The van der Waals surface area contributed by atoms with Crippen molar-refractivity contribution in [2.24, 2.45) is 5.84 Å². The smallest absolute Gasteiger partial charge is 0.123 e. The highest BCUT2D eigenvalue weighted by Crippen LogP contribution is 2.20. The first-order valence-corrected chi connectivity index (χ1v) is 4.61. The van der Waals surface area contributed by atoms with E-state index in [0.29, 0.717) is 6.54 Å². The maximum absolute atomic E-state index is 5.23. The number of nitrogens with one attached hydrogen (secondary N) is 1. The molecule has 0 heterocycles. The van der Waals surface area contributed by atoms with Crippen LogP contribution < -0.4 is 16.0 Å². The Morgan fingerprint density at radius 1 is 1.54 bits per heavy atom. The van der Waals surface area contributed by atoms with E-state index in [-0.39, 0.29) is 12.4 Å². The predicted octanol–water partition coefficient (Wildman–Crippen LogP) is 1.68. The van der Waals surface area contributed by atoms with Gasteiger partial charge in [0.2, 0.25) is 0 Å². The molecule has 5 heteroatoms. The van der Waals surface area contributed by atoms with Crippen LogP contribution in [0.5, 0.6) is 5.75 Å². The molecule has 0 radical (unpaired) electrons. The molecule has 0 aliphatic heterocycles. The molecule has 0 amide bonds. The van der Waals surface area contributed by atoms with Crippen LogP contribution in [0.1, 0.15) is 5.56 Å². The molecular weight excluding hydrogens is 302 g/mol. The van der Waals surface area contributed by atoms with Gasteiger partial charge in [-0.3, -0.25) is 11.3 Å². The number of benzene rings is 1. The summed E-state index contributed by atoms with van der Waals surface area (Å²) in [7, 11) is 1.65. The lowest BCUT2D eigenvalue weighted by atomic mass is 10.2. The van der Waals surface area contributed by atoms with E-state index >= 15 is 0 Å². The van der Waals surface area contributed by atoms with Crippen LogP contribution in [0.2, 0.25) is 0 Å². The minimum absolute atomic E-state index is 0. The van der Waals surface area contributed by atoms with Gasteiger partial charge in [0, 0.05) is 15.7 Å². The van der Waals surface area contributed by atoms with Crippen molar-refractivity contribution in [2.75, 3.05) is 7.11 Å².